The normalized spacial score (nSPS) is 11.5. The fourth-order valence-electron chi connectivity index (χ4n) is 5.33. The lowest BCUT2D eigenvalue weighted by atomic mass is 10.00. The Morgan fingerprint density at radius 3 is 2.15 bits per heavy atom. The second-order valence-electron chi connectivity index (χ2n) is 11.0. The Kier molecular flexibility index (Phi) is 9.70. The topological polar surface area (TPSA) is 111 Å². The Labute approximate surface area is 268 Å². The Morgan fingerprint density at radius 2 is 1.52 bits per heavy atom. The van der Waals surface area contributed by atoms with E-state index >= 15 is 0 Å². The smallest absolute Gasteiger partial charge is 0.251 e. The minimum Gasteiger partial charge on any atom is -0.493 e. The van der Waals surface area contributed by atoms with E-state index in [1.165, 1.54) is 21.3 Å². The molecule has 0 aliphatic carbocycles. The number of nitrogens with zero attached hydrogens (tertiary/aromatic N) is 5. The van der Waals surface area contributed by atoms with Gasteiger partial charge in [-0.1, -0.05) is 41.6 Å². The van der Waals surface area contributed by atoms with Crippen LogP contribution in [-0.2, 0) is 22.7 Å². The summed E-state index contributed by atoms with van der Waals surface area (Å²) in [7, 11) is 8.42. The number of para-hydroxylation sites is 1. The predicted molar refractivity (Wildman–Crippen MR) is 177 cm³/mol. The first-order chi connectivity index (χ1) is 22.2. The molecule has 0 spiro atoms. The van der Waals surface area contributed by atoms with Crippen LogP contribution in [0.4, 0.5) is 11.4 Å². The van der Waals surface area contributed by atoms with Crippen LogP contribution in [0.1, 0.15) is 22.7 Å². The second-order valence-corrected chi connectivity index (χ2v) is 11.0. The molecule has 11 heteroatoms. The van der Waals surface area contributed by atoms with Crippen LogP contribution >= 0.6 is 0 Å². The summed E-state index contributed by atoms with van der Waals surface area (Å²) < 4.78 is 18.4. The number of carbonyl (C=O) groups is 2. The maximum atomic E-state index is 14.5. The van der Waals surface area contributed by atoms with Gasteiger partial charge in [0.2, 0.25) is 11.7 Å². The highest BCUT2D eigenvalue weighted by atomic mass is 16.5. The quantitative estimate of drug-likeness (QED) is 0.201. The molecule has 0 saturated carbocycles. The summed E-state index contributed by atoms with van der Waals surface area (Å²) in [5.41, 5.74) is 5.29. The molecule has 2 amide bonds. The number of hydrogen-bond acceptors (Lipinski definition) is 8. The third-order valence-corrected chi connectivity index (χ3v) is 7.84. The van der Waals surface area contributed by atoms with Gasteiger partial charge in [0.1, 0.15) is 18.1 Å². The van der Waals surface area contributed by atoms with Crippen LogP contribution in [-0.4, -0.2) is 67.1 Å². The van der Waals surface area contributed by atoms with E-state index in [0.29, 0.717) is 39.5 Å². The summed E-state index contributed by atoms with van der Waals surface area (Å²) in [5, 5.41) is 11.5. The van der Waals surface area contributed by atoms with Crippen molar-refractivity contribution in [3.05, 3.63) is 102 Å². The van der Waals surface area contributed by atoms with E-state index in [-0.39, 0.29) is 19.0 Å². The van der Waals surface area contributed by atoms with Gasteiger partial charge >= 0.3 is 0 Å². The van der Waals surface area contributed by atoms with Crippen LogP contribution < -0.4 is 24.4 Å². The number of benzene rings is 4. The molecule has 0 aliphatic heterocycles. The van der Waals surface area contributed by atoms with Crippen LogP contribution in [0.15, 0.2) is 84.9 Å². The van der Waals surface area contributed by atoms with Crippen molar-refractivity contribution in [2.24, 2.45) is 0 Å². The van der Waals surface area contributed by atoms with E-state index in [1.54, 1.807) is 21.7 Å². The molecule has 0 aliphatic rings. The molecule has 0 fully saturated rings. The molecule has 0 saturated heterocycles. The molecule has 1 heterocycles. The van der Waals surface area contributed by atoms with Crippen LogP contribution in [0, 0.1) is 6.92 Å². The maximum Gasteiger partial charge on any atom is 0.251 e. The number of anilines is 2. The lowest BCUT2D eigenvalue weighted by molar-refractivity contribution is -0.140. The Bertz CT molecular complexity index is 1810. The molecular weight excluding hydrogens is 584 g/mol. The average Bonchev–Trinajstić information content (AvgIpc) is 3.47. The number of methoxy groups -OCH3 is 3. The zero-order chi connectivity index (χ0) is 32.8. The third kappa shape index (κ3) is 6.73. The average molecular weight is 623 g/mol. The van der Waals surface area contributed by atoms with Crippen molar-refractivity contribution in [3.63, 3.8) is 0 Å². The van der Waals surface area contributed by atoms with Gasteiger partial charge in [0.25, 0.3) is 5.91 Å². The number of aryl methyl sites for hydroxylation is 1. The van der Waals surface area contributed by atoms with Crippen molar-refractivity contribution in [2.75, 3.05) is 45.6 Å². The zero-order valence-corrected chi connectivity index (χ0v) is 26.9. The highest BCUT2D eigenvalue weighted by Gasteiger charge is 2.34. The SMILES string of the molecule is COc1cc([C@@H](C(=O)Nc2ccc(N(C)C)cc2)N(Cc2ccccc2C)C(=O)Cn2nnc3ccccc32)cc(OC)c1OC. The second kappa shape index (κ2) is 14.0. The molecule has 4 aromatic carbocycles. The van der Waals surface area contributed by atoms with Gasteiger partial charge in [0, 0.05) is 32.0 Å². The third-order valence-electron chi connectivity index (χ3n) is 7.84. The lowest BCUT2D eigenvalue weighted by Crippen LogP contribution is -2.42. The number of rotatable bonds is 12. The van der Waals surface area contributed by atoms with Crippen LogP contribution in [0.25, 0.3) is 11.0 Å². The number of fused-ring (bicyclic) bond motifs is 1. The molecule has 1 N–H and O–H groups in total. The van der Waals surface area contributed by atoms with Gasteiger partial charge in [0.05, 0.1) is 26.8 Å². The summed E-state index contributed by atoms with van der Waals surface area (Å²) >= 11 is 0. The molecule has 238 valence electrons. The minimum absolute atomic E-state index is 0.141. The molecule has 46 heavy (non-hydrogen) atoms. The Morgan fingerprint density at radius 1 is 0.870 bits per heavy atom. The fourth-order valence-corrected chi connectivity index (χ4v) is 5.33. The van der Waals surface area contributed by atoms with E-state index in [9.17, 15) is 9.59 Å². The molecule has 11 nitrogen and oxygen atoms in total. The maximum absolute atomic E-state index is 14.5. The molecule has 1 atom stereocenters. The van der Waals surface area contributed by atoms with Crippen LogP contribution in [0.2, 0.25) is 0 Å². The van der Waals surface area contributed by atoms with Crippen molar-refractivity contribution in [2.45, 2.75) is 26.1 Å². The number of hydrogen-bond donors (Lipinski definition) is 1. The molecule has 0 radical (unpaired) electrons. The largest absolute Gasteiger partial charge is 0.493 e. The van der Waals surface area contributed by atoms with E-state index in [0.717, 1.165) is 16.8 Å². The molecule has 1 aromatic heterocycles. The Balaban J connectivity index is 1.64. The summed E-state index contributed by atoms with van der Waals surface area (Å²) in [5.74, 6) is 0.331. The van der Waals surface area contributed by atoms with Gasteiger partial charge < -0.3 is 29.3 Å². The van der Waals surface area contributed by atoms with Crippen LogP contribution in [0.3, 0.4) is 0 Å². The van der Waals surface area contributed by atoms with Gasteiger partial charge in [-0.2, -0.15) is 0 Å². The summed E-state index contributed by atoms with van der Waals surface area (Å²) in [6.07, 6.45) is 0. The van der Waals surface area contributed by atoms with Crippen molar-refractivity contribution in [3.8, 4) is 17.2 Å². The number of aromatic nitrogens is 3. The standard InChI is InChI=1S/C35H38N6O5/c1-23-11-7-8-12-24(23)21-40(32(42)22-41-29-14-10-9-13-28(29)37-38-41)33(25-19-30(44-4)34(46-6)31(20-25)45-5)35(43)36-26-15-17-27(18-16-26)39(2)3/h7-20,33H,21-22H2,1-6H3,(H,36,43)/t33-/m0/s1. The van der Waals surface area contributed by atoms with Gasteiger partial charge in [-0.25, -0.2) is 4.68 Å². The number of amides is 2. The molecule has 5 aromatic rings. The summed E-state index contributed by atoms with van der Waals surface area (Å²) in [6.45, 7) is 1.98. The van der Waals surface area contributed by atoms with E-state index in [1.807, 2.05) is 98.7 Å². The highest BCUT2D eigenvalue weighted by molar-refractivity contribution is 5.98. The van der Waals surface area contributed by atoms with E-state index in [4.69, 9.17) is 14.2 Å². The van der Waals surface area contributed by atoms with Crippen molar-refractivity contribution in [1.29, 1.82) is 0 Å². The van der Waals surface area contributed by atoms with Crippen molar-refractivity contribution in [1.82, 2.24) is 19.9 Å². The first-order valence-electron chi connectivity index (χ1n) is 14.7. The minimum atomic E-state index is -1.11. The number of nitrogens with one attached hydrogen (secondary N) is 1. The monoisotopic (exact) mass is 622 g/mol. The summed E-state index contributed by atoms with van der Waals surface area (Å²) in [4.78, 5) is 32.4. The first-order valence-corrected chi connectivity index (χ1v) is 14.7. The number of carbonyl (C=O) groups excluding carboxylic acids is 2. The van der Waals surface area contributed by atoms with Gasteiger partial charge in [-0.3, -0.25) is 9.59 Å². The fraction of sp³-hybridized carbons (Fsp3) is 0.257. The zero-order valence-electron chi connectivity index (χ0n) is 26.9. The molecular formula is C35H38N6O5. The Hall–Kier alpha value is -5.58. The van der Waals surface area contributed by atoms with E-state index in [2.05, 4.69) is 15.6 Å². The van der Waals surface area contributed by atoms with Crippen LogP contribution in [0.5, 0.6) is 17.2 Å². The van der Waals surface area contributed by atoms with Gasteiger partial charge in [-0.15, -0.1) is 5.10 Å². The van der Waals surface area contributed by atoms with Crippen molar-refractivity contribution < 1.29 is 23.8 Å². The molecule has 0 bridgehead atoms. The van der Waals surface area contributed by atoms with Crippen molar-refractivity contribution >= 4 is 34.2 Å². The predicted octanol–water partition coefficient (Wildman–Crippen LogP) is 5.24. The van der Waals surface area contributed by atoms with Gasteiger partial charge in [0.15, 0.2) is 11.5 Å². The summed E-state index contributed by atoms with van der Waals surface area (Å²) in [6, 6.07) is 25.0. The lowest BCUT2D eigenvalue weighted by Gasteiger charge is -2.32. The highest BCUT2D eigenvalue weighted by Crippen LogP contribution is 2.41. The molecule has 5 rings (SSSR count). The number of ether oxygens (including phenoxy) is 3. The van der Waals surface area contributed by atoms with Gasteiger partial charge in [-0.05, 0) is 72.1 Å². The van der Waals surface area contributed by atoms with E-state index < -0.39 is 11.9 Å². The first kappa shape index (κ1) is 31.8. The molecule has 0 unspecified atom stereocenters.